The van der Waals surface area contributed by atoms with Gasteiger partial charge in [0.25, 0.3) is 0 Å². The SMILES string of the molecule is CCn1nc(C)c(Br)c1CC(C)CC(C)Br. The van der Waals surface area contributed by atoms with E-state index in [9.17, 15) is 0 Å². The van der Waals surface area contributed by atoms with Crippen molar-refractivity contribution in [3.8, 4) is 0 Å². The van der Waals surface area contributed by atoms with Crippen molar-refractivity contribution >= 4 is 31.9 Å². The van der Waals surface area contributed by atoms with Crippen LogP contribution >= 0.6 is 31.9 Å². The quantitative estimate of drug-likeness (QED) is 0.722. The normalized spacial score (nSPS) is 15.1. The first-order valence-corrected chi connectivity index (χ1v) is 7.52. The molecule has 0 aliphatic heterocycles. The highest BCUT2D eigenvalue weighted by Gasteiger charge is 2.15. The Morgan fingerprint density at radius 2 is 2.00 bits per heavy atom. The third-order valence-electron chi connectivity index (χ3n) is 2.72. The van der Waals surface area contributed by atoms with Crippen molar-refractivity contribution in [3.05, 3.63) is 15.9 Å². The lowest BCUT2D eigenvalue weighted by Crippen LogP contribution is -2.10. The van der Waals surface area contributed by atoms with Crippen molar-refractivity contribution in [2.75, 3.05) is 0 Å². The zero-order valence-corrected chi connectivity index (χ0v) is 13.6. The van der Waals surface area contributed by atoms with Gasteiger partial charge in [-0.3, -0.25) is 4.68 Å². The molecule has 1 heterocycles. The predicted octanol–water partition coefficient (Wildman–Crippen LogP) is 4.33. The second-order valence-electron chi connectivity index (χ2n) is 4.49. The van der Waals surface area contributed by atoms with Crippen LogP contribution < -0.4 is 0 Å². The molecule has 0 aliphatic rings. The number of alkyl halides is 1. The fourth-order valence-electron chi connectivity index (χ4n) is 2.03. The van der Waals surface area contributed by atoms with Gasteiger partial charge in [-0.15, -0.1) is 0 Å². The molecule has 0 saturated carbocycles. The third-order valence-corrected chi connectivity index (χ3v) is 4.13. The van der Waals surface area contributed by atoms with Gasteiger partial charge in [0.1, 0.15) is 0 Å². The first-order valence-electron chi connectivity index (χ1n) is 5.81. The molecule has 0 aliphatic carbocycles. The van der Waals surface area contributed by atoms with E-state index in [2.05, 4.69) is 69.3 Å². The Morgan fingerprint density at radius 3 is 2.50 bits per heavy atom. The van der Waals surface area contributed by atoms with Gasteiger partial charge in [0.2, 0.25) is 0 Å². The summed E-state index contributed by atoms with van der Waals surface area (Å²) in [6.45, 7) is 9.64. The van der Waals surface area contributed by atoms with Crippen molar-refractivity contribution in [2.45, 2.75) is 51.9 Å². The first kappa shape index (κ1) is 14.2. The highest BCUT2D eigenvalue weighted by atomic mass is 79.9. The Morgan fingerprint density at radius 1 is 1.38 bits per heavy atom. The van der Waals surface area contributed by atoms with Crippen LogP contribution in [0.3, 0.4) is 0 Å². The molecule has 0 radical (unpaired) electrons. The summed E-state index contributed by atoms with van der Waals surface area (Å²) < 4.78 is 3.29. The number of halogens is 2. The average Bonchev–Trinajstić information content (AvgIpc) is 2.44. The molecule has 0 N–H and O–H groups in total. The van der Waals surface area contributed by atoms with Crippen LogP contribution in [0.15, 0.2) is 4.47 Å². The molecule has 4 heteroatoms. The van der Waals surface area contributed by atoms with E-state index in [-0.39, 0.29) is 0 Å². The van der Waals surface area contributed by atoms with Crippen LogP contribution in [0.25, 0.3) is 0 Å². The number of hydrogen-bond acceptors (Lipinski definition) is 1. The van der Waals surface area contributed by atoms with Gasteiger partial charge in [-0.1, -0.05) is 29.8 Å². The second-order valence-corrected chi connectivity index (χ2v) is 6.84. The smallest absolute Gasteiger partial charge is 0.0738 e. The van der Waals surface area contributed by atoms with Gasteiger partial charge in [0, 0.05) is 11.4 Å². The molecule has 1 aromatic rings. The monoisotopic (exact) mass is 350 g/mol. The van der Waals surface area contributed by atoms with Crippen LogP contribution in [-0.4, -0.2) is 14.6 Å². The summed E-state index contributed by atoms with van der Waals surface area (Å²) in [5.74, 6) is 0.673. The Bertz CT molecular complexity index is 345. The highest BCUT2D eigenvalue weighted by Crippen LogP contribution is 2.25. The molecule has 2 unspecified atom stereocenters. The minimum Gasteiger partial charge on any atom is -0.268 e. The van der Waals surface area contributed by atoms with Crippen LogP contribution in [-0.2, 0) is 13.0 Å². The van der Waals surface area contributed by atoms with Crippen LogP contribution in [0.1, 0.15) is 38.6 Å². The lowest BCUT2D eigenvalue weighted by atomic mass is 10.00. The summed E-state index contributed by atoms with van der Waals surface area (Å²) in [7, 11) is 0. The van der Waals surface area contributed by atoms with Crippen LogP contribution in [0.2, 0.25) is 0 Å². The van der Waals surface area contributed by atoms with Crippen molar-refractivity contribution in [3.63, 3.8) is 0 Å². The summed E-state index contributed by atoms with van der Waals surface area (Å²) in [5.41, 5.74) is 2.43. The maximum absolute atomic E-state index is 4.52. The molecule has 2 atom stereocenters. The topological polar surface area (TPSA) is 17.8 Å². The van der Waals surface area contributed by atoms with Crippen molar-refractivity contribution in [1.82, 2.24) is 9.78 Å². The van der Waals surface area contributed by atoms with Gasteiger partial charge in [-0.25, -0.2) is 0 Å². The van der Waals surface area contributed by atoms with E-state index in [0.717, 1.165) is 18.7 Å². The van der Waals surface area contributed by atoms with Crippen molar-refractivity contribution in [1.29, 1.82) is 0 Å². The maximum Gasteiger partial charge on any atom is 0.0738 e. The van der Waals surface area contributed by atoms with E-state index in [1.54, 1.807) is 0 Å². The largest absolute Gasteiger partial charge is 0.268 e. The molecule has 0 saturated heterocycles. The van der Waals surface area contributed by atoms with E-state index in [1.807, 2.05) is 0 Å². The molecule has 16 heavy (non-hydrogen) atoms. The Hall–Kier alpha value is 0.170. The molecular weight excluding hydrogens is 332 g/mol. The zero-order valence-electron chi connectivity index (χ0n) is 10.4. The number of hydrogen-bond donors (Lipinski definition) is 0. The Balaban J connectivity index is 2.79. The Labute approximate surface area is 115 Å². The molecule has 0 fully saturated rings. The van der Waals surface area contributed by atoms with E-state index >= 15 is 0 Å². The van der Waals surface area contributed by atoms with Crippen LogP contribution in [0.5, 0.6) is 0 Å². The Kier molecular flexibility index (Phi) is 5.51. The van der Waals surface area contributed by atoms with Gasteiger partial charge in [0.05, 0.1) is 15.9 Å². The van der Waals surface area contributed by atoms with E-state index < -0.39 is 0 Å². The van der Waals surface area contributed by atoms with Gasteiger partial charge in [0.15, 0.2) is 0 Å². The predicted molar refractivity (Wildman–Crippen MR) is 76.2 cm³/mol. The van der Waals surface area contributed by atoms with Gasteiger partial charge in [-0.2, -0.15) is 5.10 Å². The molecule has 92 valence electrons. The summed E-state index contributed by atoms with van der Waals surface area (Å²) in [5, 5.41) is 4.52. The minimum atomic E-state index is 0.584. The molecule has 0 spiro atoms. The number of nitrogens with zero attached hydrogens (tertiary/aromatic N) is 2. The summed E-state index contributed by atoms with van der Waals surface area (Å²) in [4.78, 5) is 0.584. The molecular formula is C12H20Br2N2. The number of rotatable bonds is 5. The second kappa shape index (κ2) is 6.20. The van der Waals surface area contributed by atoms with Gasteiger partial charge >= 0.3 is 0 Å². The van der Waals surface area contributed by atoms with Crippen molar-refractivity contribution in [2.24, 2.45) is 5.92 Å². The lowest BCUT2D eigenvalue weighted by Gasteiger charge is -2.14. The maximum atomic E-state index is 4.52. The summed E-state index contributed by atoms with van der Waals surface area (Å²) in [6, 6.07) is 0. The van der Waals surface area contributed by atoms with E-state index in [0.29, 0.717) is 10.7 Å². The summed E-state index contributed by atoms with van der Waals surface area (Å²) in [6.07, 6.45) is 2.28. The number of aryl methyl sites for hydroxylation is 2. The van der Waals surface area contributed by atoms with E-state index in [1.165, 1.54) is 16.6 Å². The first-order chi connectivity index (χ1) is 7.45. The third kappa shape index (κ3) is 3.59. The van der Waals surface area contributed by atoms with Crippen LogP contribution in [0.4, 0.5) is 0 Å². The fourth-order valence-corrected chi connectivity index (χ4v) is 3.12. The molecule has 0 aromatic carbocycles. The van der Waals surface area contributed by atoms with Crippen LogP contribution in [0, 0.1) is 12.8 Å². The molecule has 0 amide bonds. The zero-order chi connectivity index (χ0) is 12.3. The summed E-state index contributed by atoms with van der Waals surface area (Å²) >= 11 is 7.26. The molecule has 0 bridgehead atoms. The molecule has 1 rings (SSSR count). The minimum absolute atomic E-state index is 0.584. The molecule has 2 nitrogen and oxygen atoms in total. The van der Waals surface area contributed by atoms with Crippen molar-refractivity contribution < 1.29 is 0 Å². The van der Waals surface area contributed by atoms with E-state index in [4.69, 9.17) is 0 Å². The van der Waals surface area contributed by atoms with Gasteiger partial charge < -0.3 is 0 Å². The highest BCUT2D eigenvalue weighted by molar-refractivity contribution is 9.10. The fraction of sp³-hybridized carbons (Fsp3) is 0.750. The average molecular weight is 352 g/mol. The standard InChI is InChI=1S/C12H20Br2N2/c1-5-16-11(12(14)10(4)15-16)7-8(2)6-9(3)13/h8-9H,5-7H2,1-4H3. The molecule has 1 aromatic heterocycles. The van der Waals surface area contributed by atoms with Gasteiger partial charge in [-0.05, 0) is 48.5 Å². The number of aromatic nitrogens is 2. The lowest BCUT2D eigenvalue weighted by molar-refractivity contribution is 0.498.